The highest BCUT2D eigenvalue weighted by Crippen LogP contribution is 2.36. The second-order valence-electron chi connectivity index (χ2n) is 4.52. The van der Waals surface area contributed by atoms with Gasteiger partial charge in [0, 0.05) is 19.4 Å². The van der Waals surface area contributed by atoms with Crippen molar-refractivity contribution < 1.29 is 9.59 Å². The fourth-order valence-corrected chi connectivity index (χ4v) is 2.30. The first-order valence-electron chi connectivity index (χ1n) is 6.05. The van der Waals surface area contributed by atoms with E-state index in [1.165, 1.54) is 0 Å². The topological polar surface area (TPSA) is 46.2 Å². The second kappa shape index (κ2) is 5.83. The van der Waals surface area contributed by atoms with Crippen molar-refractivity contribution in [3.63, 3.8) is 0 Å². The number of carbonyl (C=O) groups excluding carboxylic acids is 2. The maximum Gasteiger partial charge on any atom is 0.226 e. The highest BCUT2D eigenvalue weighted by molar-refractivity contribution is 5.85. The molecule has 0 spiro atoms. The second-order valence-corrected chi connectivity index (χ2v) is 4.52. The van der Waals surface area contributed by atoms with Gasteiger partial charge in [0.15, 0.2) is 0 Å². The van der Waals surface area contributed by atoms with E-state index in [1.54, 1.807) is 6.08 Å². The number of hydrogen-bond acceptors (Lipinski definition) is 2. The number of nitrogens with one attached hydrogen (secondary N) is 1. The average Bonchev–Trinajstić information content (AvgIpc) is 2.30. The molecule has 90 valence electrons. The summed E-state index contributed by atoms with van der Waals surface area (Å²) in [6, 6.07) is 0. The van der Waals surface area contributed by atoms with Crippen LogP contribution in [0.2, 0.25) is 0 Å². The number of piperidine rings is 1. The van der Waals surface area contributed by atoms with Gasteiger partial charge in [-0.05, 0) is 25.7 Å². The van der Waals surface area contributed by atoms with Crippen LogP contribution in [0.4, 0.5) is 0 Å². The lowest BCUT2D eigenvalue weighted by Crippen LogP contribution is -2.45. The Bertz CT molecular complexity index is 286. The molecule has 1 amide bonds. The number of rotatable bonds is 6. The van der Waals surface area contributed by atoms with Crippen LogP contribution in [-0.2, 0) is 9.59 Å². The van der Waals surface area contributed by atoms with Gasteiger partial charge in [-0.2, -0.15) is 0 Å². The molecule has 1 N–H and O–H groups in total. The van der Waals surface area contributed by atoms with E-state index in [9.17, 15) is 9.59 Å². The molecule has 1 aliphatic rings. The van der Waals surface area contributed by atoms with E-state index >= 15 is 0 Å². The average molecular weight is 223 g/mol. The maximum atomic E-state index is 11.9. The van der Waals surface area contributed by atoms with E-state index in [-0.39, 0.29) is 17.1 Å². The van der Waals surface area contributed by atoms with Crippen LogP contribution in [0.5, 0.6) is 0 Å². The molecule has 1 fully saturated rings. The number of Topliss-reactive ketones (excluding diaryl/α,β-unsaturated/α-hetero) is 1. The van der Waals surface area contributed by atoms with Gasteiger partial charge in [0.05, 0.1) is 5.41 Å². The van der Waals surface area contributed by atoms with Gasteiger partial charge in [-0.3, -0.25) is 9.59 Å². The predicted molar refractivity (Wildman–Crippen MR) is 64.0 cm³/mol. The van der Waals surface area contributed by atoms with Crippen molar-refractivity contribution in [1.82, 2.24) is 5.32 Å². The minimum absolute atomic E-state index is 0.0996. The molecule has 0 radical (unpaired) electrons. The molecule has 0 bridgehead atoms. The van der Waals surface area contributed by atoms with Gasteiger partial charge in [-0.1, -0.05) is 13.0 Å². The molecule has 3 heteroatoms. The van der Waals surface area contributed by atoms with Crippen LogP contribution in [0.25, 0.3) is 0 Å². The van der Waals surface area contributed by atoms with Gasteiger partial charge >= 0.3 is 0 Å². The van der Waals surface area contributed by atoms with E-state index < -0.39 is 0 Å². The monoisotopic (exact) mass is 223 g/mol. The lowest BCUT2D eigenvalue weighted by Gasteiger charge is -2.35. The van der Waals surface area contributed by atoms with Gasteiger partial charge in [0.1, 0.15) is 5.78 Å². The van der Waals surface area contributed by atoms with Gasteiger partial charge in [0.2, 0.25) is 5.91 Å². The Kier molecular flexibility index (Phi) is 4.71. The van der Waals surface area contributed by atoms with Gasteiger partial charge in [0.25, 0.3) is 0 Å². The maximum absolute atomic E-state index is 11.9. The Labute approximate surface area is 97.3 Å². The predicted octanol–water partition coefficient (Wildman–Crippen LogP) is 2.22. The first kappa shape index (κ1) is 12.9. The molecule has 1 atom stereocenters. The molecule has 1 saturated heterocycles. The lowest BCUT2D eigenvalue weighted by molar-refractivity contribution is -0.134. The summed E-state index contributed by atoms with van der Waals surface area (Å²) < 4.78 is 0. The zero-order valence-corrected chi connectivity index (χ0v) is 10.1. The van der Waals surface area contributed by atoms with Crippen molar-refractivity contribution in [1.29, 1.82) is 0 Å². The van der Waals surface area contributed by atoms with Gasteiger partial charge in [-0.25, -0.2) is 0 Å². The van der Waals surface area contributed by atoms with Crippen molar-refractivity contribution in [2.24, 2.45) is 5.41 Å². The number of hydrogen-bond donors (Lipinski definition) is 1. The van der Waals surface area contributed by atoms with Crippen LogP contribution in [0.1, 0.15) is 45.4 Å². The summed E-state index contributed by atoms with van der Waals surface area (Å²) in [5, 5.41) is 2.90. The minimum atomic E-state index is -0.370. The molecular weight excluding hydrogens is 202 g/mol. The molecule has 0 saturated carbocycles. The van der Waals surface area contributed by atoms with Crippen LogP contribution < -0.4 is 5.32 Å². The lowest BCUT2D eigenvalue weighted by atomic mass is 9.73. The van der Waals surface area contributed by atoms with Crippen LogP contribution in [0, 0.1) is 5.41 Å². The minimum Gasteiger partial charge on any atom is -0.356 e. The molecule has 0 aromatic carbocycles. The van der Waals surface area contributed by atoms with Crippen LogP contribution in [0.3, 0.4) is 0 Å². The Morgan fingerprint density at radius 2 is 2.38 bits per heavy atom. The first-order valence-corrected chi connectivity index (χ1v) is 6.05. The highest BCUT2D eigenvalue weighted by Gasteiger charge is 2.38. The molecule has 1 rings (SSSR count). The number of allylic oxidation sites excluding steroid dienone is 1. The van der Waals surface area contributed by atoms with Crippen LogP contribution in [0.15, 0.2) is 12.7 Å². The summed E-state index contributed by atoms with van der Waals surface area (Å²) in [7, 11) is 0. The molecule has 1 aliphatic heterocycles. The van der Waals surface area contributed by atoms with Crippen LogP contribution >= 0.6 is 0 Å². The SMILES string of the molecule is C=CC[C@]1(CCC(=O)CC)CCCNC1=O. The van der Waals surface area contributed by atoms with Crippen molar-refractivity contribution in [2.75, 3.05) is 6.54 Å². The molecule has 1 heterocycles. The first-order chi connectivity index (χ1) is 7.64. The molecular formula is C13H21NO2. The Hall–Kier alpha value is -1.12. The van der Waals surface area contributed by atoms with E-state index in [2.05, 4.69) is 11.9 Å². The summed E-state index contributed by atoms with van der Waals surface area (Å²) in [5.74, 6) is 0.337. The summed E-state index contributed by atoms with van der Waals surface area (Å²) in [6.07, 6.45) is 6.08. The van der Waals surface area contributed by atoms with Gasteiger partial charge in [-0.15, -0.1) is 6.58 Å². The van der Waals surface area contributed by atoms with Crippen LogP contribution in [-0.4, -0.2) is 18.2 Å². The molecule has 0 aromatic rings. The van der Waals surface area contributed by atoms with E-state index in [4.69, 9.17) is 0 Å². The van der Waals surface area contributed by atoms with E-state index in [1.807, 2.05) is 6.92 Å². The highest BCUT2D eigenvalue weighted by atomic mass is 16.2. The normalized spacial score (nSPS) is 24.9. The quantitative estimate of drug-likeness (QED) is 0.702. The molecule has 0 unspecified atom stereocenters. The molecule has 0 aliphatic carbocycles. The number of ketones is 1. The zero-order chi connectivity index (χ0) is 12.0. The fourth-order valence-electron chi connectivity index (χ4n) is 2.30. The fraction of sp³-hybridized carbons (Fsp3) is 0.692. The van der Waals surface area contributed by atoms with E-state index in [0.717, 1.165) is 19.4 Å². The Balaban J connectivity index is 2.66. The third-order valence-corrected chi connectivity index (χ3v) is 3.41. The summed E-state index contributed by atoms with van der Waals surface area (Å²) in [6.45, 7) is 6.34. The largest absolute Gasteiger partial charge is 0.356 e. The third kappa shape index (κ3) is 2.94. The molecule has 16 heavy (non-hydrogen) atoms. The summed E-state index contributed by atoms with van der Waals surface area (Å²) in [4.78, 5) is 23.3. The van der Waals surface area contributed by atoms with Crippen molar-refractivity contribution in [2.45, 2.75) is 45.4 Å². The number of carbonyl (C=O) groups is 2. The molecule has 0 aromatic heterocycles. The summed E-state index contributed by atoms with van der Waals surface area (Å²) in [5.41, 5.74) is -0.370. The number of amides is 1. The smallest absolute Gasteiger partial charge is 0.226 e. The van der Waals surface area contributed by atoms with Crippen molar-refractivity contribution >= 4 is 11.7 Å². The summed E-state index contributed by atoms with van der Waals surface area (Å²) >= 11 is 0. The Morgan fingerprint density at radius 3 is 2.94 bits per heavy atom. The Morgan fingerprint density at radius 1 is 1.62 bits per heavy atom. The van der Waals surface area contributed by atoms with Crippen molar-refractivity contribution in [3.8, 4) is 0 Å². The van der Waals surface area contributed by atoms with E-state index in [0.29, 0.717) is 25.7 Å². The zero-order valence-electron chi connectivity index (χ0n) is 10.1. The van der Waals surface area contributed by atoms with Crippen molar-refractivity contribution in [3.05, 3.63) is 12.7 Å². The standard InChI is InChI=1S/C13H21NO2/c1-3-7-13(9-6-11(15)4-2)8-5-10-14-12(13)16/h3H,1,4-10H2,2H3,(H,14,16)/t13-/m1/s1. The molecule has 3 nitrogen and oxygen atoms in total. The third-order valence-electron chi connectivity index (χ3n) is 3.41. The van der Waals surface area contributed by atoms with Gasteiger partial charge < -0.3 is 5.32 Å².